The normalized spacial score (nSPS) is 23.1. The zero-order chi connectivity index (χ0) is 16.6. The Hall–Kier alpha value is -1.70. The van der Waals surface area contributed by atoms with Crippen molar-refractivity contribution in [3.05, 3.63) is 36.4 Å². The Morgan fingerprint density at radius 3 is 2.62 bits per heavy atom. The predicted molar refractivity (Wildman–Crippen MR) is 92.1 cm³/mol. The summed E-state index contributed by atoms with van der Waals surface area (Å²) in [5, 5.41) is 1.06. The maximum absolute atomic E-state index is 12.6. The molecule has 128 valence electrons. The van der Waals surface area contributed by atoms with Crippen LogP contribution in [-0.4, -0.2) is 54.3 Å². The van der Waals surface area contributed by atoms with Gasteiger partial charge in [0, 0.05) is 31.1 Å². The molecule has 4 rings (SSSR count). The second kappa shape index (κ2) is 6.31. The molecule has 2 aliphatic rings. The van der Waals surface area contributed by atoms with Crippen LogP contribution in [-0.2, 0) is 10.2 Å². The number of nitrogens with zero attached hydrogens (tertiary/aromatic N) is 3. The molecule has 0 amide bonds. The highest BCUT2D eigenvalue weighted by Gasteiger charge is 2.37. The van der Waals surface area contributed by atoms with Crippen molar-refractivity contribution >= 4 is 21.1 Å². The first-order valence-electron chi connectivity index (χ1n) is 8.40. The van der Waals surface area contributed by atoms with Crippen molar-refractivity contribution in [2.24, 2.45) is 0 Å². The summed E-state index contributed by atoms with van der Waals surface area (Å²) in [6.45, 7) is 2.18. The van der Waals surface area contributed by atoms with E-state index in [2.05, 4.69) is 4.98 Å². The molecule has 0 saturated carbocycles. The minimum atomic E-state index is -3.33. The van der Waals surface area contributed by atoms with E-state index in [1.165, 1.54) is 0 Å². The summed E-state index contributed by atoms with van der Waals surface area (Å²) in [5.41, 5.74) is 0.884. The summed E-state index contributed by atoms with van der Waals surface area (Å²) in [4.78, 5) is 4.50. The van der Waals surface area contributed by atoms with E-state index in [4.69, 9.17) is 4.74 Å². The van der Waals surface area contributed by atoms with Crippen molar-refractivity contribution in [1.82, 2.24) is 13.6 Å². The van der Waals surface area contributed by atoms with Crippen LogP contribution in [0.1, 0.15) is 19.3 Å². The Morgan fingerprint density at radius 2 is 1.79 bits per heavy atom. The van der Waals surface area contributed by atoms with Crippen LogP contribution in [0.5, 0.6) is 5.88 Å². The Morgan fingerprint density at radius 1 is 1.00 bits per heavy atom. The molecule has 0 aliphatic carbocycles. The average molecular weight is 347 g/mol. The zero-order valence-corrected chi connectivity index (χ0v) is 14.3. The van der Waals surface area contributed by atoms with Gasteiger partial charge in [-0.1, -0.05) is 18.2 Å². The van der Waals surface area contributed by atoms with Crippen molar-refractivity contribution < 1.29 is 13.2 Å². The fourth-order valence-electron chi connectivity index (χ4n) is 3.37. The Balaban J connectivity index is 1.44. The van der Waals surface area contributed by atoms with Gasteiger partial charge in [-0.3, -0.25) is 0 Å². The van der Waals surface area contributed by atoms with E-state index >= 15 is 0 Å². The molecule has 2 aliphatic heterocycles. The van der Waals surface area contributed by atoms with Gasteiger partial charge in [0.2, 0.25) is 5.88 Å². The van der Waals surface area contributed by atoms with Gasteiger partial charge < -0.3 is 4.74 Å². The van der Waals surface area contributed by atoms with Crippen LogP contribution in [0.3, 0.4) is 0 Å². The molecule has 0 N–H and O–H groups in total. The molecular formula is C17H21N3O3S. The fourth-order valence-corrected chi connectivity index (χ4v) is 5.11. The lowest BCUT2D eigenvalue weighted by atomic mass is 10.2. The predicted octanol–water partition coefficient (Wildman–Crippen LogP) is 2.03. The van der Waals surface area contributed by atoms with E-state index in [9.17, 15) is 8.42 Å². The molecule has 2 aromatic rings. The highest BCUT2D eigenvalue weighted by atomic mass is 32.2. The zero-order valence-electron chi connectivity index (χ0n) is 13.5. The molecule has 0 bridgehead atoms. The van der Waals surface area contributed by atoms with E-state index in [0.717, 1.165) is 23.7 Å². The molecule has 3 heterocycles. The molecule has 6 nitrogen and oxygen atoms in total. The van der Waals surface area contributed by atoms with Gasteiger partial charge in [0.1, 0.15) is 6.10 Å². The molecule has 0 spiro atoms. The lowest BCUT2D eigenvalue weighted by molar-refractivity contribution is 0.206. The average Bonchev–Trinajstić information content (AvgIpc) is 3.27. The molecule has 1 atom stereocenters. The number of fused-ring (bicyclic) bond motifs is 1. The van der Waals surface area contributed by atoms with Crippen molar-refractivity contribution in [3.8, 4) is 5.88 Å². The Bertz CT molecular complexity index is 834. The van der Waals surface area contributed by atoms with Gasteiger partial charge in [0.05, 0.1) is 12.1 Å². The summed E-state index contributed by atoms with van der Waals surface area (Å²) in [6, 6.07) is 11.7. The molecule has 7 heteroatoms. The van der Waals surface area contributed by atoms with E-state index in [1.54, 1.807) is 8.61 Å². The molecule has 1 aromatic heterocycles. The van der Waals surface area contributed by atoms with Gasteiger partial charge in [-0.25, -0.2) is 4.98 Å². The first kappa shape index (κ1) is 15.8. The summed E-state index contributed by atoms with van der Waals surface area (Å²) in [7, 11) is -3.33. The van der Waals surface area contributed by atoms with Gasteiger partial charge in [0.25, 0.3) is 10.2 Å². The smallest absolute Gasteiger partial charge is 0.282 e. The van der Waals surface area contributed by atoms with E-state index in [0.29, 0.717) is 38.5 Å². The van der Waals surface area contributed by atoms with Crippen LogP contribution >= 0.6 is 0 Å². The lowest BCUT2D eigenvalue weighted by Crippen LogP contribution is -2.41. The minimum Gasteiger partial charge on any atom is -0.473 e. The van der Waals surface area contributed by atoms with Gasteiger partial charge in [-0.2, -0.15) is 17.0 Å². The summed E-state index contributed by atoms with van der Waals surface area (Å²) < 4.78 is 34.2. The van der Waals surface area contributed by atoms with Gasteiger partial charge in [-0.15, -0.1) is 0 Å². The van der Waals surface area contributed by atoms with Crippen LogP contribution in [0.2, 0.25) is 0 Å². The van der Waals surface area contributed by atoms with E-state index in [1.807, 2.05) is 36.4 Å². The largest absolute Gasteiger partial charge is 0.473 e. The number of hydrogen-bond donors (Lipinski definition) is 0. The van der Waals surface area contributed by atoms with Crippen LogP contribution in [0, 0.1) is 0 Å². The number of ether oxygens (including phenoxy) is 1. The third-order valence-corrected chi connectivity index (χ3v) is 6.69. The third-order valence-electron chi connectivity index (χ3n) is 4.69. The first-order chi connectivity index (χ1) is 11.6. The molecule has 24 heavy (non-hydrogen) atoms. The standard InChI is InChI=1S/C17H21N3O3S/c21-24(22,19-10-3-4-11-19)20-12-9-15(13-20)23-17-8-7-14-5-1-2-6-16(14)18-17/h1-2,5-8,15H,3-4,9-13H2. The number of hydrogen-bond acceptors (Lipinski definition) is 4. The maximum Gasteiger partial charge on any atom is 0.282 e. The van der Waals surface area contributed by atoms with Gasteiger partial charge >= 0.3 is 0 Å². The number of pyridine rings is 1. The van der Waals surface area contributed by atoms with Crippen molar-refractivity contribution in [2.75, 3.05) is 26.2 Å². The van der Waals surface area contributed by atoms with Crippen LogP contribution < -0.4 is 4.74 Å². The van der Waals surface area contributed by atoms with Crippen molar-refractivity contribution in [1.29, 1.82) is 0 Å². The van der Waals surface area contributed by atoms with Crippen molar-refractivity contribution in [3.63, 3.8) is 0 Å². The van der Waals surface area contributed by atoms with E-state index in [-0.39, 0.29) is 6.10 Å². The highest BCUT2D eigenvalue weighted by molar-refractivity contribution is 7.86. The number of benzene rings is 1. The van der Waals surface area contributed by atoms with Crippen LogP contribution in [0.15, 0.2) is 36.4 Å². The molecule has 2 saturated heterocycles. The monoisotopic (exact) mass is 347 g/mol. The van der Waals surface area contributed by atoms with E-state index < -0.39 is 10.2 Å². The second-order valence-corrected chi connectivity index (χ2v) is 8.27. The third kappa shape index (κ3) is 2.99. The Kier molecular flexibility index (Phi) is 4.15. The molecular weight excluding hydrogens is 326 g/mol. The molecule has 2 fully saturated rings. The lowest BCUT2D eigenvalue weighted by Gasteiger charge is -2.23. The maximum atomic E-state index is 12.6. The molecule has 1 aromatic carbocycles. The highest BCUT2D eigenvalue weighted by Crippen LogP contribution is 2.24. The van der Waals surface area contributed by atoms with Crippen molar-refractivity contribution in [2.45, 2.75) is 25.4 Å². The van der Waals surface area contributed by atoms with Crippen LogP contribution in [0.25, 0.3) is 10.9 Å². The summed E-state index contributed by atoms with van der Waals surface area (Å²) >= 11 is 0. The minimum absolute atomic E-state index is 0.143. The topological polar surface area (TPSA) is 62.7 Å². The fraction of sp³-hybridized carbons (Fsp3) is 0.471. The van der Waals surface area contributed by atoms with Gasteiger partial charge in [0.15, 0.2) is 0 Å². The number of para-hydroxylation sites is 1. The quantitative estimate of drug-likeness (QED) is 0.849. The SMILES string of the molecule is O=S(=O)(N1CCCC1)N1CCC(Oc2ccc3ccccc3n2)C1. The van der Waals surface area contributed by atoms with Crippen LogP contribution in [0.4, 0.5) is 0 Å². The number of aromatic nitrogens is 1. The number of rotatable bonds is 4. The summed E-state index contributed by atoms with van der Waals surface area (Å²) in [5.74, 6) is 0.555. The van der Waals surface area contributed by atoms with Gasteiger partial charge in [-0.05, 0) is 31.4 Å². The second-order valence-electron chi connectivity index (χ2n) is 6.34. The molecule has 1 unspecified atom stereocenters. The Labute approximate surface area is 142 Å². The molecule has 0 radical (unpaired) electrons. The summed E-state index contributed by atoms with van der Waals surface area (Å²) in [6.07, 6.45) is 2.46. The first-order valence-corrected chi connectivity index (χ1v) is 9.80.